The lowest BCUT2D eigenvalue weighted by Crippen LogP contribution is -2.50. The number of hydrogen-bond donors (Lipinski definition) is 2. The molecule has 6 atom stereocenters. The third kappa shape index (κ3) is 2.13. The van der Waals surface area contributed by atoms with Crippen LogP contribution >= 0.6 is 0 Å². The summed E-state index contributed by atoms with van der Waals surface area (Å²) in [6, 6.07) is 0. The van der Waals surface area contributed by atoms with E-state index in [4.69, 9.17) is 0 Å². The van der Waals surface area contributed by atoms with Gasteiger partial charge in [0.1, 0.15) is 0 Å². The minimum atomic E-state index is -0.188. The van der Waals surface area contributed by atoms with Crippen molar-refractivity contribution < 1.29 is 10.2 Å². The second-order valence-electron chi connectivity index (χ2n) is 9.27. The van der Waals surface area contributed by atoms with Crippen LogP contribution in [-0.2, 0) is 0 Å². The Morgan fingerprint density at radius 2 is 1.91 bits per heavy atom. The van der Waals surface area contributed by atoms with Crippen LogP contribution in [0.2, 0.25) is 0 Å². The summed E-state index contributed by atoms with van der Waals surface area (Å²) in [4.78, 5) is 0. The first-order valence-corrected chi connectivity index (χ1v) is 10.0. The molecule has 3 fully saturated rings. The Hall–Kier alpha value is -0.340. The minimum Gasteiger partial charge on any atom is -0.396 e. The van der Waals surface area contributed by atoms with E-state index in [9.17, 15) is 10.2 Å². The van der Waals surface area contributed by atoms with Crippen LogP contribution in [0.5, 0.6) is 0 Å². The fraction of sp³-hybridized carbons (Fsp3) is 0.905. The summed E-state index contributed by atoms with van der Waals surface area (Å²) < 4.78 is 0. The second-order valence-corrected chi connectivity index (χ2v) is 9.27. The van der Waals surface area contributed by atoms with E-state index in [-0.39, 0.29) is 16.9 Å². The van der Waals surface area contributed by atoms with Crippen LogP contribution in [0.3, 0.4) is 0 Å². The van der Waals surface area contributed by atoms with Crippen molar-refractivity contribution in [2.45, 2.75) is 84.2 Å². The first kappa shape index (κ1) is 16.1. The van der Waals surface area contributed by atoms with E-state index in [0.29, 0.717) is 18.4 Å². The third-order valence-corrected chi connectivity index (χ3v) is 8.56. The zero-order chi connectivity index (χ0) is 16.2. The molecule has 3 saturated carbocycles. The van der Waals surface area contributed by atoms with Gasteiger partial charge in [-0.2, -0.15) is 0 Å². The number of aliphatic hydroxyl groups excluding tert-OH is 2. The SMILES string of the molecule is CC(O)[C@H]1CCC2=C3CC[C@@H]4CCCC[C@]4(CO)[C@H]3CC[C@@]21C. The number of rotatable bonds is 2. The van der Waals surface area contributed by atoms with Crippen LogP contribution < -0.4 is 0 Å². The quantitative estimate of drug-likeness (QED) is 0.738. The number of allylic oxidation sites excluding steroid dienone is 2. The van der Waals surface area contributed by atoms with Crippen molar-refractivity contribution in [3.05, 3.63) is 11.1 Å². The van der Waals surface area contributed by atoms with Gasteiger partial charge in [0.25, 0.3) is 0 Å². The zero-order valence-corrected chi connectivity index (χ0v) is 15.0. The highest BCUT2D eigenvalue weighted by molar-refractivity contribution is 5.35. The first-order chi connectivity index (χ1) is 11.0. The van der Waals surface area contributed by atoms with Gasteiger partial charge in [-0.1, -0.05) is 30.9 Å². The van der Waals surface area contributed by atoms with Gasteiger partial charge in [0, 0.05) is 12.0 Å². The minimum absolute atomic E-state index is 0.188. The maximum Gasteiger partial charge on any atom is 0.0548 e. The highest BCUT2D eigenvalue weighted by Gasteiger charge is 2.56. The van der Waals surface area contributed by atoms with E-state index in [0.717, 1.165) is 12.3 Å². The average molecular weight is 319 g/mol. The third-order valence-electron chi connectivity index (χ3n) is 8.56. The van der Waals surface area contributed by atoms with Gasteiger partial charge in [0.2, 0.25) is 0 Å². The molecule has 0 bridgehead atoms. The summed E-state index contributed by atoms with van der Waals surface area (Å²) in [6.45, 7) is 4.81. The van der Waals surface area contributed by atoms with Crippen molar-refractivity contribution >= 4 is 0 Å². The van der Waals surface area contributed by atoms with E-state index in [1.54, 1.807) is 11.1 Å². The molecule has 0 amide bonds. The van der Waals surface area contributed by atoms with E-state index in [1.165, 1.54) is 57.8 Å². The maximum absolute atomic E-state index is 10.4. The van der Waals surface area contributed by atoms with Crippen molar-refractivity contribution in [3.8, 4) is 0 Å². The normalized spacial score (nSPS) is 47.7. The summed E-state index contributed by atoms with van der Waals surface area (Å²) in [5, 5.41) is 20.7. The van der Waals surface area contributed by atoms with Crippen LogP contribution in [0, 0.1) is 28.6 Å². The molecule has 0 spiro atoms. The smallest absolute Gasteiger partial charge is 0.0548 e. The highest BCUT2D eigenvalue weighted by atomic mass is 16.3. The Morgan fingerprint density at radius 3 is 2.65 bits per heavy atom. The molecule has 2 N–H and O–H groups in total. The fourth-order valence-corrected chi connectivity index (χ4v) is 7.43. The molecule has 4 rings (SSSR count). The Balaban J connectivity index is 1.75. The summed E-state index contributed by atoms with van der Waals surface area (Å²) in [5.74, 6) is 1.84. The lowest BCUT2D eigenvalue weighted by molar-refractivity contribution is -0.0512. The molecule has 1 unspecified atom stereocenters. The molecule has 130 valence electrons. The van der Waals surface area contributed by atoms with E-state index < -0.39 is 0 Å². The summed E-state index contributed by atoms with van der Waals surface area (Å²) >= 11 is 0. The van der Waals surface area contributed by atoms with Crippen LogP contribution in [-0.4, -0.2) is 22.9 Å². The standard InChI is InChI=1S/C21H34O2/c1-14(23)17-8-9-18-16-7-6-15-5-3-4-11-21(15,13-22)19(16)10-12-20(17,18)2/h14-15,17,19,22-23H,3-13H2,1-2H3/t14?,15-,17+,19-,20+,21+/m0/s1. The molecule has 0 heterocycles. The molecule has 4 aliphatic rings. The van der Waals surface area contributed by atoms with Gasteiger partial charge in [-0.3, -0.25) is 0 Å². The highest BCUT2D eigenvalue weighted by Crippen LogP contribution is 2.65. The van der Waals surface area contributed by atoms with Gasteiger partial charge in [0.15, 0.2) is 0 Å². The van der Waals surface area contributed by atoms with Crippen molar-refractivity contribution in [2.24, 2.45) is 28.6 Å². The molecule has 2 nitrogen and oxygen atoms in total. The van der Waals surface area contributed by atoms with Gasteiger partial charge in [-0.25, -0.2) is 0 Å². The van der Waals surface area contributed by atoms with Crippen molar-refractivity contribution in [3.63, 3.8) is 0 Å². The topological polar surface area (TPSA) is 40.5 Å². The summed E-state index contributed by atoms with van der Waals surface area (Å²) in [7, 11) is 0. The molecular weight excluding hydrogens is 284 g/mol. The van der Waals surface area contributed by atoms with Crippen molar-refractivity contribution in [2.75, 3.05) is 6.61 Å². The second kappa shape index (κ2) is 5.59. The lowest BCUT2D eigenvalue weighted by atomic mass is 9.49. The molecule has 23 heavy (non-hydrogen) atoms. The van der Waals surface area contributed by atoms with Crippen LogP contribution in [0.15, 0.2) is 11.1 Å². The van der Waals surface area contributed by atoms with E-state index >= 15 is 0 Å². The Kier molecular flexibility index (Phi) is 3.93. The number of fused-ring (bicyclic) bond motifs is 4. The summed E-state index contributed by atoms with van der Waals surface area (Å²) in [6.07, 6.45) is 12.5. The Morgan fingerprint density at radius 1 is 1.09 bits per heavy atom. The Labute approximate surface area is 141 Å². The van der Waals surface area contributed by atoms with E-state index in [1.807, 2.05) is 6.92 Å². The number of aliphatic hydroxyl groups is 2. The molecule has 0 radical (unpaired) electrons. The van der Waals surface area contributed by atoms with Crippen LogP contribution in [0.1, 0.15) is 78.1 Å². The van der Waals surface area contributed by atoms with Gasteiger partial charge >= 0.3 is 0 Å². The van der Waals surface area contributed by atoms with Crippen LogP contribution in [0.4, 0.5) is 0 Å². The van der Waals surface area contributed by atoms with Crippen molar-refractivity contribution in [1.29, 1.82) is 0 Å². The van der Waals surface area contributed by atoms with Crippen molar-refractivity contribution in [1.82, 2.24) is 0 Å². The molecule has 4 aliphatic carbocycles. The molecular formula is C21H34O2. The zero-order valence-electron chi connectivity index (χ0n) is 15.0. The Bertz CT molecular complexity index is 508. The molecule has 2 heteroatoms. The lowest BCUT2D eigenvalue weighted by Gasteiger charge is -2.56. The van der Waals surface area contributed by atoms with Gasteiger partial charge < -0.3 is 10.2 Å². The van der Waals surface area contributed by atoms with Crippen LogP contribution in [0.25, 0.3) is 0 Å². The fourth-order valence-electron chi connectivity index (χ4n) is 7.43. The molecule has 0 saturated heterocycles. The molecule has 0 aromatic rings. The predicted molar refractivity (Wildman–Crippen MR) is 93.0 cm³/mol. The predicted octanol–water partition coefficient (Wildman–Crippen LogP) is 4.45. The monoisotopic (exact) mass is 318 g/mol. The van der Waals surface area contributed by atoms with Gasteiger partial charge in [-0.05, 0) is 81.5 Å². The molecule has 0 aliphatic heterocycles. The first-order valence-electron chi connectivity index (χ1n) is 10.0. The van der Waals surface area contributed by atoms with Gasteiger partial charge in [0.05, 0.1) is 6.10 Å². The average Bonchev–Trinajstić information content (AvgIpc) is 2.91. The number of hydrogen-bond acceptors (Lipinski definition) is 2. The molecule has 0 aromatic heterocycles. The van der Waals surface area contributed by atoms with E-state index in [2.05, 4.69) is 6.92 Å². The molecule has 0 aromatic carbocycles. The maximum atomic E-state index is 10.4. The van der Waals surface area contributed by atoms with Gasteiger partial charge in [-0.15, -0.1) is 0 Å². The summed E-state index contributed by atoms with van der Waals surface area (Å²) in [5.41, 5.74) is 3.87. The largest absolute Gasteiger partial charge is 0.396 e.